The highest BCUT2D eigenvalue weighted by molar-refractivity contribution is 7.84. The Labute approximate surface area is 110 Å². The molecule has 0 saturated heterocycles. The van der Waals surface area contributed by atoms with Crippen molar-refractivity contribution in [3.05, 3.63) is 16.4 Å². The third-order valence-electron chi connectivity index (χ3n) is 2.55. The summed E-state index contributed by atoms with van der Waals surface area (Å²) in [5.41, 5.74) is 1.97. The predicted octanol–water partition coefficient (Wildman–Crippen LogP) is 1.59. The molecule has 0 aliphatic carbocycles. The van der Waals surface area contributed by atoms with Gasteiger partial charge >= 0.3 is 0 Å². The largest absolute Gasteiger partial charge is 0.310 e. The molecule has 1 unspecified atom stereocenters. The number of hydrogen-bond donors (Lipinski definition) is 1. The van der Waals surface area contributed by atoms with E-state index in [1.165, 1.54) is 0 Å². The van der Waals surface area contributed by atoms with Crippen LogP contribution in [0.3, 0.4) is 0 Å². The Morgan fingerprint density at radius 3 is 2.71 bits per heavy atom. The Hall–Kier alpha value is -0.390. The molecule has 1 atom stereocenters. The Balaban J connectivity index is 2.62. The van der Waals surface area contributed by atoms with Crippen LogP contribution in [0.2, 0.25) is 5.02 Å². The smallest absolute Gasteiger partial charge is 0.0863 e. The van der Waals surface area contributed by atoms with Gasteiger partial charge in [0, 0.05) is 42.4 Å². The fourth-order valence-corrected chi connectivity index (χ4v) is 2.38. The molecule has 1 aromatic rings. The van der Waals surface area contributed by atoms with E-state index < -0.39 is 10.8 Å². The first-order chi connectivity index (χ1) is 8.10. The second kappa shape index (κ2) is 7.13. The first kappa shape index (κ1) is 14.7. The number of nitrogens with one attached hydrogen (secondary N) is 1. The lowest BCUT2D eigenvalue weighted by atomic mass is 10.3. The molecule has 4 nitrogen and oxygen atoms in total. The average Bonchev–Trinajstić information content (AvgIpc) is 2.61. The molecular formula is C11H20ClN3OS. The fraction of sp³-hybridized carbons (Fsp3) is 0.727. The third kappa shape index (κ3) is 4.08. The highest BCUT2D eigenvalue weighted by atomic mass is 35.5. The number of nitrogens with zero attached hydrogens (tertiary/aromatic N) is 2. The molecule has 98 valence electrons. The highest BCUT2D eigenvalue weighted by Gasteiger charge is 2.13. The van der Waals surface area contributed by atoms with Crippen LogP contribution in [0.1, 0.15) is 25.2 Å². The predicted molar refractivity (Wildman–Crippen MR) is 72.9 cm³/mol. The lowest BCUT2D eigenvalue weighted by Crippen LogP contribution is -2.21. The summed E-state index contributed by atoms with van der Waals surface area (Å²) >= 11 is 6.27. The van der Waals surface area contributed by atoms with Crippen LogP contribution in [0.5, 0.6) is 0 Å². The SMILES string of the molecule is CCc1nn(CC)c(CNCCS(C)=O)c1Cl. The summed E-state index contributed by atoms with van der Waals surface area (Å²) in [7, 11) is -0.750. The van der Waals surface area contributed by atoms with Crippen LogP contribution < -0.4 is 5.32 Å². The second-order valence-corrected chi connectivity index (χ2v) is 5.76. The van der Waals surface area contributed by atoms with E-state index in [9.17, 15) is 4.21 Å². The number of halogens is 1. The average molecular weight is 278 g/mol. The van der Waals surface area contributed by atoms with Gasteiger partial charge in [0.25, 0.3) is 0 Å². The van der Waals surface area contributed by atoms with E-state index in [4.69, 9.17) is 11.6 Å². The van der Waals surface area contributed by atoms with Gasteiger partial charge in [0.05, 0.1) is 16.4 Å². The van der Waals surface area contributed by atoms with Crippen LogP contribution in [-0.4, -0.2) is 32.5 Å². The van der Waals surface area contributed by atoms with E-state index in [1.54, 1.807) is 6.26 Å². The molecule has 1 heterocycles. The van der Waals surface area contributed by atoms with Crippen molar-refractivity contribution in [2.24, 2.45) is 0 Å². The van der Waals surface area contributed by atoms with Crippen molar-refractivity contribution >= 4 is 22.4 Å². The molecule has 1 aromatic heterocycles. The second-order valence-electron chi connectivity index (χ2n) is 3.83. The van der Waals surface area contributed by atoms with Crippen molar-refractivity contribution < 1.29 is 4.21 Å². The van der Waals surface area contributed by atoms with Crippen LogP contribution in [0.4, 0.5) is 0 Å². The van der Waals surface area contributed by atoms with Gasteiger partial charge < -0.3 is 5.32 Å². The van der Waals surface area contributed by atoms with Crippen molar-refractivity contribution in [1.29, 1.82) is 0 Å². The minimum Gasteiger partial charge on any atom is -0.310 e. The lowest BCUT2D eigenvalue weighted by Gasteiger charge is -2.06. The van der Waals surface area contributed by atoms with Gasteiger partial charge in [-0.1, -0.05) is 18.5 Å². The molecule has 6 heteroatoms. The van der Waals surface area contributed by atoms with Crippen LogP contribution in [0.15, 0.2) is 0 Å². The molecule has 0 saturated carbocycles. The Kier molecular flexibility index (Phi) is 6.16. The molecular weight excluding hydrogens is 258 g/mol. The van der Waals surface area contributed by atoms with E-state index in [0.717, 1.165) is 35.9 Å². The third-order valence-corrected chi connectivity index (χ3v) is 3.77. The van der Waals surface area contributed by atoms with E-state index in [2.05, 4.69) is 10.4 Å². The monoisotopic (exact) mass is 277 g/mol. The van der Waals surface area contributed by atoms with Crippen LogP contribution in [0, 0.1) is 0 Å². The lowest BCUT2D eigenvalue weighted by molar-refractivity contribution is 0.585. The first-order valence-corrected chi connectivity index (χ1v) is 7.95. The van der Waals surface area contributed by atoms with Gasteiger partial charge in [-0.3, -0.25) is 8.89 Å². The summed E-state index contributed by atoms with van der Waals surface area (Å²) in [5, 5.41) is 8.46. The normalized spacial score (nSPS) is 12.9. The van der Waals surface area contributed by atoms with Gasteiger partial charge in [-0.2, -0.15) is 5.10 Å². The molecule has 1 N–H and O–H groups in total. The summed E-state index contributed by atoms with van der Waals surface area (Å²) < 4.78 is 12.9. The van der Waals surface area contributed by atoms with Gasteiger partial charge in [-0.25, -0.2) is 0 Å². The Bertz CT molecular complexity index is 392. The number of aryl methyl sites for hydroxylation is 2. The van der Waals surface area contributed by atoms with Crippen molar-refractivity contribution in [2.45, 2.75) is 33.4 Å². The maximum absolute atomic E-state index is 10.9. The van der Waals surface area contributed by atoms with E-state index in [1.807, 2.05) is 18.5 Å². The summed E-state index contributed by atoms with van der Waals surface area (Å²) in [5.74, 6) is 0.665. The highest BCUT2D eigenvalue weighted by Crippen LogP contribution is 2.21. The molecule has 1 rings (SSSR count). The molecule has 0 bridgehead atoms. The molecule has 0 amide bonds. The fourth-order valence-electron chi connectivity index (χ4n) is 1.61. The van der Waals surface area contributed by atoms with Gasteiger partial charge in [-0.15, -0.1) is 0 Å². The van der Waals surface area contributed by atoms with Gasteiger partial charge in [0.1, 0.15) is 0 Å². The molecule has 0 fully saturated rings. The maximum Gasteiger partial charge on any atom is 0.0863 e. The first-order valence-electron chi connectivity index (χ1n) is 5.84. The maximum atomic E-state index is 10.9. The summed E-state index contributed by atoms with van der Waals surface area (Å²) in [6.45, 7) is 6.32. The molecule has 17 heavy (non-hydrogen) atoms. The van der Waals surface area contributed by atoms with E-state index >= 15 is 0 Å². The van der Waals surface area contributed by atoms with E-state index in [-0.39, 0.29) is 0 Å². The standard InChI is InChI=1S/C11H20ClN3OS/c1-4-9-11(12)10(15(5-2)14-9)8-13-6-7-17(3)16/h13H,4-8H2,1-3H3. The quantitative estimate of drug-likeness (QED) is 0.770. The molecule has 0 radical (unpaired) electrons. The molecule has 0 aliphatic rings. The zero-order valence-corrected chi connectivity index (χ0v) is 12.2. The zero-order chi connectivity index (χ0) is 12.8. The zero-order valence-electron chi connectivity index (χ0n) is 10.6. The number of aromatic nitrogens is 2. The van der Waals surface area contributed by atoms with E-state index in [0.29, 0.717) is 12.3 Å². The van der Waals surface area contributed by atoms with Crippen molar-refractivity contribution in [1.82, 2.24) is 15.1 Å². The molecule has 0 spiro atoms. The summed E-state index contributed by atoms with van der Waals surface area (Å²) in [6, 6.07) is 0. The van der Waals surface area contributed by atoms with Gasteiger partial charge in [0.15, 0.2) is 0 Å². The van der Waals surface area contributed by atoms with Crippen molar-refractivity contribution in [3.8, 4) is 0 Å². The van der Waals surface area contributed by atoms with Gasteiger partial charge in [-0.05, 0) is 13.3 Å². The minimum absolute atomic E-state index is 0.665. The topological polar surface area (TPSA) is 46.9 Å². The van der Waals surface area contributed by atoms with Crippen molar-refractivity contribution in [3.63, 3.8) is 0 Å². The van der Waals surface area contributed by atoms with Gasteiger partial charge in [0.2, 0.25) is 0 Å². The number of rotatable bonds is 7. The van der Waals surface area contributed by atoms with Crippen LogP contribution in [0.25, 0.3) is 0 Å². The molecule has 0 aromatic carbocycles. The summed E-state index contributed by atoms with van der Waals surface area (Å²) in [6.07, 6.45) is 2.55. The van der Waals surface area contributed by atoms with Crippen molar-refractivity contribution in [2.75, 3.05) is 18.6 Å². The minimum atomic E-state index is -0.750. The van der Waals surface area contributed by atoms with Crippen LogP contribution in [-0.2, 0) is 30.3 Å². The van der Waals surface area contributed by atoms with Crippen LogP contribution >= 0.6 is 11.6 Å². The molecule has 0 aliphatic heterocycles. The Morgan fingerprint density at radius 2 is 2.18 bits per heavy atom. The Morgan fingerprint density at radius 1 is 1.47 bits per heavy atom. The summed E-state index contributed by atoms with van der Waals surface area (Å²) in [4.78, 5) is 0. The number of hydrogen-bond acceptors (Lipinski definition) is 3.